The second kappa shape index (κ2) is 7.55. The van der Waals surface area contributed by atoms with Crippen molar-refractivity contribution in [3.8, 4) is 0 Å². The number of hydrogen-bond acceptors (Lipinski definition) is 5. The Hall–Kier alpha value is -2.25. The summed E-state index contributed by atoms with van der Waals surface area (Å²) in [4.78, 5) is 24.5. The summed E-state index contributed by atoms with van der Waals surface area (Å²) in [5.74, 6) is -3.71. The van der Waals surface area contributed by atoms with E-state index in [4.69, 9.17) is 15.2 Å². The Kier molecular flexibility index (Phi) is 6.22. The van der Waals surface area contributed by atoms with E-state index in [1.165, 1.54) is 6.07 Å². The van der Waals surface area contributed by atoms with Crippen LogP contribution in [0.15, 0.2) is 18.2 Å². The first kappa shape index (κ1) is 19.8. The van der Waals surface area contributed by atoms with Crippen LogP contribution in [0, 0.1) is 0 Å². The van der Waals surface area contributed by atoms with Crippen molar-refractivity contribution in [3.05, 3.63) is 29.3 Å². The summed E-state index contributed by atoms with van der Waals surface area (Å²) in [7, 11) is 0. The summed E-state index contributed by atoms with van der Waals surface area (Å²) < 4.78 is 49.0. The number of hydrogen-bond donors (Lipinski definition) is 1. The lowest BCUT2D eigenvalue weighted by atomic mass is 9.94. The number of nitrogens with two attached hydrogens (primary N) is 1. The molecule has 0 heterocycles. The molecule has 24 heavy (non-hydrogen) atoms. The minimum absolute atomic E-state index is 0.291. The van der Waals surface area contributed by atoms with Crippen LogP contribution in [0.2, 0.25) is 0 Å². The molecule has 0 saturated carbocycles. The van der Waals surface area contributed by atoms with Gasteiger partial charge in [-0.1, -0.05) is 12.1 Å². The summed E-state index contributed by atoms with van der Waals surface area (Å²) in [6, 6.07) is 3.03. The topological polar surface area (TPSA) is 78.6 Å². The summed E-state index contributed by atoms with van der Waals surface area (Å²) in [6.07, 6.45) is -5.83. The van der Waals surface area contributed by atoms with E-state index in [0.717, 1.165) is 12.1 Å². The minimum atomic E-state index is -4.71. The average Bonchev–Trinajstić information content (AvgIpc) is 2.37. The Bertz CT molecular complexity index is 590. The number of alkyl halides is 3. The first-order valence-electron chi connectivity index (χ1n) is 7.31. The molecule has 5 nitrogen and oxygen atoms in total. The maximum Gasteiger partial charge on any atom is 0.418 e. The fraction of sp³-hybridized carbons (Fsp3) is 0.500. The monoisotopic (exact) mass is 347 g/mol. The highest BCUT2D eigenvalue weighted by atomic mass is 19.4. The van der Waals surface area contributed by atoms with Crippen LogP contribution in [0.1, 0.15) is 44.7 Å². The fourth-order valence-corrected chi connectivity index (χ4v) is 2.03. The van der Waals surface area contributed by atoms with Crippen LogP contribution in [0.5, 0.6) is 0 Å². The molecule has 1 rings (SSSR count). The SMILES string of the molecule is CC(C)OC(=O)C(C(=O)OC(C)C)c1cccc(C(F)(F)F)c1N. The van der Waals surface area contributed by atoms with Gasteiger partial charge in [0.2, 0.25) is 0 Å². The first-order valence-corrected chi connectivity index (χ1v) is 7.31. The number of rotatable bonds is 5. The van der Waals surface area contributed by atoms with Crippen LogP contribution in [0.4, 0.5) is 18.9 Å². The van der Waals surface area contributed by atoms with Gasteiger partial charge in [-0.15, -0.1) is 0 Å². The van der Waals surface area contributed by atoms with E-state index in [-0.39, 0.29) is 5.56 Å². The van der Waals surface area contributed by atoms with Gasteiger partial charge in [0.15, 0.2) is 5.92 Å². The number of ether oxygens (including phenoxy) is 2. The number of carbonyl (C=O) groups excluding carboxylic acids is 2. The fourth-order valence-electron chi connectivity index (χ4n) is 2.03. The van der Waals surface area contributed by atoms with Gasteiger partial charge < -0.3 is 15.2 Å². The molecule has 0 aromatic heterocycles. The molecule has 1 aromatic carbocycles. The van der Waals surface area contributed by atoms with E-state index in [1.54, 1.807) is 27.7 Å². The van der Waals surface area contributed by atoms with Crippen LogP contribution in [0.3, 0.4) is 0 Å². The molecule has 0 saturated heterocycles. The van der Waals surface area contributed by atoms with Crippen molar-refractivity contribution in [3.63, 3.8) is 0 Å². The predicted octanol–water partition coefficient (Wildman–Crippen LogP) is 3.27. The van der Waals surface area contributed by atoms with Gasteiger partial charge in [0.05, 0.1) is 17.8 Å². The Morgan fingerprint density at radius 1 is 1.00 bits per heavy atom. The molecule has 0 radical (unpaired) electrons. The number of esters is 2. The molecular formula is C16H20F3NO4. The molecule has 0 aliphatic heterocycles. The predicted molar refractivity (Wildman–Crippen MR) is 81.1 cm³/mol. The molecule has 1 aromatic rings. The van der Waals surface area contributed by atoms with E-state index < -0.39 is 47.5 Å². The number of anilines is 1. The van der Waals surface area contributed by atoms with Gasteiger partial charge in [-0.25, -0.2) is 0 Å². The minimum Gasteiger partial charge on any atom is -0.462 e. The third kappa shape index (κ3) is 4.87. The number of halogens is 3. The molecule has 0 atom stereocenters. The third-order valence-corrected chi connectivity index (χ3v) is 2.93. The van der Waals surface area contributed by atoms with Crippen LogP contribution in [0.25, 0.3) is 0 Å². The molecular weight excluding hydrogens is 327 g/mol. The summed E-state index contributed by atoms with van der Waals surface area (Å²) >= 11 is 0. The Morgan fingerprint density at radius 3 is 1.83 bits per heavy atom. The van der Waals surface area contributed by atoms with Crippen LogP contribution < -0.4 is 5.73 Å². The van der Waals surface area contributed by atoms with Gasteiger partial charge in [0.25, 0.3) is 0 Å². The standard InChI is InChI=1S/C16H20F3NO4/c1-8(2)23-14(21)12(15(22)24-9(3)4)10-6-5-7-11(13(10)20)16(17,18)19/h5-9,12H,20H2,1-4H3. The van der Waals surface area contributed by atoms with Gasteiger partial charge in [-0.3, -0.25) is 9.59 Å². The van der Waals surface area contributed by atoms with E-state index in [0.29, 0.717) is 0 Å². The smallest absolute Gasteiger partial charge is 0.418 e. The zero-order valence-corrected chi connectivity index (χ0v) is 13.8. The largest absolute Gasteiger partial charge is 0.462 e. The normalized spacial score (nSPS) is 11.9. The maximum atomic E-state index is 13.0. The highest BCUT2D eigenvalue weighted by Crippen LogP contribution is 2.38. The van der Waals surface area contributed by atoms with E-state index in [9.17, 15) is 22.8 Å². The third-order valence-electron chi connectivity index (χ3n) is 2.93. The molecule has 2 N–H and O–H groups in total. The zero-order chi connectivity index (χ0) is 18.7. The average molecular weight is 347 g/mol. The van der Waals surface area contributed by atoms with Crippen LogP contribution in [-0.2, 0) is 25.2 Å². The summed E-state index contributed by atoms with van der Waals surface area (Å²) in [6.45, 7) is 6.22. The number of nitrogen functional groups attached to an aromatic ring is 1. The van der Waals surface area contributed by atoms with Crippen LogP contribution >= 0.6 is 0 Å². The lowest BCUT2D eigenvalue weighted by Gasteiger charge is -2.21. The first-order chi connectivity index (χ1) is 10.9. The lowest BCUT2D eigenvalue weighted by molar-refractivity contribution is -0.161. The molecule has 134 valence electrons. The second-order valence-electron chi connectivity index (χ2n) is 5.71. The van der Waals surface area contributed by atoms with Gasteiger partial charge in [0.1, 0.15) is 0 Å². The van der Waals surface area contributed by atoms with Crippen molar-refractivity contribution in [2.75, 3.05) is 5.73 Å². The molecule has 8 heteroatoms. The maximum absolute atomic E-state index is 13.0. The van der Waals surface area contributed by atoms with E-state index in [2.05, 4.69) is 0 Å². The molecule has 0 amide bonds. The van der Waals surface area contributed by atoms with Gasteiger partial charge in [0, 0.05) is 11.3 Å². The van der Waals surface area contributed by atoms with Crippen molar-refractivity contribution in [1.82, 2.24) is 0 Å². The van der Waals surface area contributed by atoms with Crippen molar-refractivity contribution in [2.24, 2.45) is 0 Å². The second-order valence-corrected chi connectivity index (χ2v) is 5.71. The molecule has 0 unspecified atom stereocenters. The lowest BCUT2D eigenvalue weighted by Crippen LogP contribution is -2.30. The number of para-hydroxylation sites is 1. The van der Waals surface area contributed by atoms with Crippen molar-refractivity contribution in [1.29, 1.82) is 0 Å². The van der Waals surface area contributed by atoms with E-state index in [1.807, 2.05) is 0 Å². The number of benzene rings is 1. The molecule has 0 spiro atoms. The summed E-state index contributed by atoms with van der Waals surface area (Å²) in [5.41, 5.74) is 3.46. The Balaban J connectivity index is 3.39. The van der Waals surface area contributed by atoms with E-state index >= 15 is 0 Å². The molecule has 0 bridgehead atoms. The molecule has 0 aliphatic carbocycles. The number of carbonyl (C=O) groups is 2. The van der Waals surface area contributed by atoms with Crippen LogP contribution in [-0.4, -0.2) is 24.1 Å². The van der Waals surface area contributed by atoms with Crippen molar-refractivity contribution in [2.45, 2.75) is 52.0 Å². The zero-order valence-electron chi connectivity index (χ0n) is 13.8. The highest BCUT2D eigenvalue weighted by Gasteiger charge is 2.39. The quantitative estimate of drug-likeness (QED) is 0.502. The van der Waals surface area contributed by atoms with Gasteiger partial charge in [-0.05, 0) is 33.8 Å². The van der Waals surface area contributed by atoms with Gasteiger partial charge in [-0.2, -0.15) is 13.2 Å². The Labute approximate surface area is 137 Å². The van der Waals surface area contributed by atoms with Crippen molar-refractivity contribution >= 4 is 17.6 Å². The van der Waals surface area contributed by atoms with Gasteiger partial charge >= 0.3 is 18.1 Å². The Morgan fingerprint density at radius 2 is 1.46 bits per heavy atom. The highest BCUT2D eigenvalue weighted by molar-refractivity contribution is 6.02. The molecule has 0 fully saturated rings. The van der Waals surface area contributed by atoms with Crippen molar-refractivity contribution < 1.29 is 32.2 Å². The summed E-state index contributed by atoms with van der Waals surface area (Å²) in [5, 5.41) is 0. The molecule has 0 aliphatic rings.